The fourth-order valence-electron chi connectivity index (χ4n) is 2.11. The lowest BCUT2D eigenvalue weighted by molar-refractivity contribution is 0.0933. The highest BCUT2D eigenvalue weighted by Crippen LogP contribution is 2.21. The Bertz CT molecular complexity index is 589. The van der Waals surface area contributed by atoms with Gasteiger partial charge in [0.05, 0.1) is 6.04 Å². The summed E-state index contributed by atoms with van der Waals surface area (Å²) in [6, 6.07) is 6.76. The number of halogens is 1. The van der Waals surface area contributed by atoms with Crippen LogP contribution in [0.25, 0.3) is 0 Å². The third kappa shape index (κ3) is 2.87. The van der Waals surface area contributed by atoms with Gasteiger partial charge in [-0.25, -0.2) is 4.98 Å². The Balaban J connectivity index is 2.31. The highest BCUT2D eigenvalue weighted by Gasteiger charge is 2.20. The van der Waals surface area contributed by atoms with Gasteiger partial charge in [0.15, 0.2) is 5.78 Å². The van der Waals surface area contributed by atoms with Crippen molar-refractivity contribution >= 4 is 17.4 Å². The predicted molar refractivity (Wildman–Crippen MR) is 76.8 cm³/mol. The summed E-state index contributed by atoms with van der Waals surface area (Å²) >= 11 is 5.93. The SMILES string of the molecule is CC(C)c1nccn1C(C)C(=O)c1cccc(Cl)c1. The van der Waals surface area contributed by atoms with Gasteiger partial charge in [-0.2, -0.15) is 0 Å². The first kappa shape index (κ1) is 13.8. The molecule has 0 aliphatic carbocycles. The van der Waals surface area contributed by atoms with E-state index in [1.807, 2.05) is 17.7 Å². The second kappa shape index (κ2) is 5.57. The summed E-state index contributed by atoms with van der Waals surface area (Å²) < 4.78 is 1.92. The molecular formula is C15H17ClN2O. The number of nitrogens with zero attached hydrogens (tertiary/aromatic N) is 2. The van der Waals surface area contributed by atoms with Crippen LogP contribution in [0.5, 0.6) is 0 Å². The van der Waals surface area contributed by atoms with E-state index < -0.39 is 0 Å². The minimum absolute atomic E-state index is 0.0439. The molecule has 0 bridgehead atoms. The molecule has 0 saturated carbocycles. The molecule has 19 heavy (non-hydrogen) atoms. The van der Waals surface area contributed by atoms with Crippen LogP contribution in [0, 0.1) is 0 Å². The molecule has 0 aliphatic heterocycles. The first-order chi connectivity index (χ1) is 9.00. The van der Waals surface area contributed by atoms with Crippen LogP contribution in [0.4, 0.5) is 0 Å². The summed E-state index contributed by atoms with van der Waals surface area (Å²) in [5.74, 6) is 1.25. The van der Waals surface area contributed by atoms with Gasteiger partial charge in [0.2, 0.25) is 0 Å². The molecular weight excluding hydrogens is 260 g/mol. The van der Waals surface area contributed by atoms with Crippen LogP contribution in [0.15, 0.2) is 36.7 Å². The minimum Gasteiger partial charge on any atom is -0.324 e. The van der Waals surface area contributed by atoms with E-state index >= 15 is 0 Å². The smallest absolute Gasteiger partial charge is 0.185 e. The molecule has 1 atom stereocenters. The van der Waals surface area contributed by atoms with E-state index in [-0.39, 0.29) is 17.7 Å². The Morgan fingerprint density at radius 1 is 1.32 bits per heavy atom. The van der Waals surface area contributed by atoms with Crippen molar-refractivity contribution in [2.45, 2.75) is 32.7 Å². The summed E-state index contributed by atoms with van der Waals surface area (Å²) in [4.78, 5) is 16.8. The first-order valence-electron chi connectivity index (χ1n) is 6.33. The molecule has 2 rings (SSSR count). The van der Waals surface area contributed by atoms with Crippen LogP contribution in [-0.2, 0) is 0 Å². The van der Waals surface area contributed by atoms with Crippen LogP contribution in [0.1, 0.15) is 48.9 Å². The monoisotopic (exact) mass is 276 g/mol. The van der Waals surface area contributed by atoms with E-state index in [9.17, 15) is 4.79 Å². The zero-order valence-corrected chi connectivity index (χ0v) is 12.1. The Labute approximate surface area is 118 Å². The lowest BCUT2D eigenvalue weighted by Crippen LogP contribution is -2.19. The second-order valence-electron chi connectivity index (χ2n) is 4.90. The number of ketones is 1. The number of rotatable bonds is 4. The molecule has 0 amide bonds. The second-order valence-corrected chi connectivity index (χ2v) is 5.33. The van der Waals surface area contributed by atoms with E-state index in [2.05, 4.69) is 18.8 Å². The molecule has 1 heterocycles. The minimum atomic E-state index is -0.279. The quantitative estimate of drug-likeness (QED) is 0.788. The van der Waals surface area contributed by atoms with E-state index in [0.29, 0.717) is 10.6 Å². The molecule has 1 aromatic carbocycles. The average Bonchev–Trinajstić information content (AvgIpc) is 2.86. The van der Waals surface area contributed by atoms with Gasteiger partial charge in [0, 0.05) is 28.9 Å². The molecule has 0 N–H and O–H groups in total. The summed E-state index contributed by atoms with van der Waals surface area (Å²) in [7, 11) is 0. The van der Waals surface area contributed by atoms with Crippen LogP contribution in [0.2, 0.25) is 5.02 Å². The molecule has 0 spiro atoms. The maximum Gasteiger partial charge on any atom is 0.185 e. The molecule has 0 saturated heterocycles. The van der Waals surface area contributed by atoms with E-state index in [1.165, 1.54) is 0 Å². The van der Waals surface area contributed by atoms with Crippen LogP contribution in [0.3, 0.4) is 0 Å². The molecule has 3 nitrogen and oxygen atoms in total. The molecule has 1 aromatic heterocycles. The topological polar surface area (TPSA) is 34.9 Å². The van der Waals surface area contributed by atoms with Gasteiger partial charge < -0.3 is 4.57 Å². The van der Waals surface area contributed by atoms with Gasteiger partial charge in [0.25, 0.3) is 0 Å². The number of benzene rings is 1. The van der Waals surface area contributed by atoms with Gasteiger partial charge in [-0.1, -0.05) is 37.6 Å². The molecule has 1 unspecified atom stereocenters. The lowest BCUT2D eigenvalue weighted by Gasteiger charge is -2.17. The average molecular weight is 277 g/mol. The fraction of sp³-hybridized carbons (Fsp3) is 0.333. The lowest BCUT2D eigenvalue weighted by atomic mass is 10.0. The normalized spacial score (nSPS) is 12.7. The van der Waals surface area contributed by atoms with Gasteiger partial charge in [-0.15, -0.1) is 0 Å². The van der Waals surface area contributed by atoms with Crippen molar-refractivity contribution in [2.75, 3.05) is 0 Å². The van der Waals surface area contributed by atoms with Crippen molar-refractivity contribution in [2.24, 2.45) is 0 Å². The highest BCUT2D eigenvalue weighted by atomic mass is 35.5. The number of aromatic nitrogens is 2. The molecule has 0 aliphatic rings. The molecule has 0 fully saturated rings. The van der Waals surface area contributed by atoms with E-state index in [0.717, 1.165) is 5.82 Å². The van der Waals surface area contributed by atoms with Crippen molar-refractivity contribution in [1.82, 2.24) is 9.55 Å². The third-order valence-corrected chi connectivity index (χ3v) is 3.36. The number of Topliss-reactive ketones (excluding diaryl/α,β-unsaturated/α-hetero) is 1. The number of hydrogen-bond donors (Lipinski definition) is 0. The van der Waals surface area contributed by atoms with Crippen LogP contribution in [-0.4, -0.2) is 15.3 Å². The third-order valence-electron chi connectivity index (χ3n) is 3.12. The van der Waals surface area contributed by atoms with E-state index in [1.54, 1.807) is 30.5 Å². The Morgan fingerprint density at radius 2 is 2.05 bits per heavy atom. The largest absolute Gasteiger partial charge is 0.324 e. The Hall–Kier alpha value is -1.61. The standard InChI is InChI=1S/C15H17ClN2O/c1-10(2)15-17-7-8-18(15)11(3)14(19)12-5-4-6-13(16)9-12/h4-11H,1-3H3. The van der Waals surface area contributed by atoms with Crippen molar-refractivity contribution in [3.05, 3.63) is 53.1 Å². The molecule has 4 heteroatoms. The molecule has 2 aromatic rings. The Kier molecular flexibility index (Phi) is 4.05. The number of carbonyl (C=O) groups excluding carboxylic acids is 1. The van der Waals surface area contributed by atoms with Crippen LogP contribution >= 0.6 is 11.6 Å². The summed E-state index contributed by atoms with van der Waals surface area (Å²) in [5, 5.41) is 0.577. The maximum absolute atomic E-state index is 12.5. The molecule has 0 radical (unpaired) electrons. The summed E-state index contributed by atoms with van der Waals surface area (Å²) in [6.07, 6.45) is 3.58. The van der Waals surface area contributed by atoms with Crippen molar-refractivity contribution < 1.29 is 4.79 Å². The summed E-state index contributed by atoms with van der Waals surface area (Å²) in [5.41, 5.74) is 0.628. The zero-order valence-electron chi connectivity index (χ0n) is 11.3. The van der Waals surface area contributed by atoms with Crippen molar-refractivity contribution in [1.29, 1.82) is 0 Å². The molecule has 100 valence electrons. The van der Waals surface area contributed by atoms with Crippen LogP contribution < -0.4 is 0 Å². The Morgan fingerprint density at radius 3 is 2.68 bits per heavy atom. The number of carbonyl (C=O) groups is 1. The van der Waals surface area contributed by atoms with Gasteiger partial charge in [0.1, 0.15) is 5.82 Å². The predicted octanol–water partition coefficient (Wildman–Crippen LogP) is 4.10. The van der Waals surface area contributed by atoms with E-state index in [4.69, 9.17) is 11.6 Å². The number of imidazole rings is 1. The number of hydrogen-bond acceptors (Lipinski definition) is 2. The first-order valence-corrected chi connectivity index (χ1v) is 6.71. The summed E-state index contributed by atoms with van der Waals surface area (Å²) in [6.45, 7) is 6.02. The van der Waals surface area contributed by atoms with Gasteiger partial charge in [-0.05, 0) is 19.1 Å². The fourth-order valence-corrected chi connectivity index (χ4v) is 2.30. The maximum atomic E-state index is 12.5. The van der Waals surface area contributed by atoms with Gasteiger partial charge >= 0.3 is 0 Å². The van der Waals surface area contributed by atoms with Gasteiger partial charge in [-0.3, -0.25) is 4.79 Å². The highest BCUT2D eigenvalue weighted by molar-refractivity contribution is 6.31. The zero-order chi connectivity index (χ0) is 14.0. The van der Waals surface area contributed by atoms with Crippen molar-refractivity contribution in [3.8, 4) is 0 Å². The van der Waals surface area contributed by atoms with Crippen molar-refractivity contribution in [3.63, 3.8) is 0 Å².